The Hall–Kier alpha value is -1.56. The van der Waals surface area contributed by atoms with Crippen molar-refractivity contribution in [3.05, 3.63) is 29.6 Å². The summed E-state index contributed by atoms with van der Waals surface area (Å²) in [5, 5.41) is 3.18. The van der Waals surface area contributed by atoms with Gasteiger partial charge < -0.3 is 9.88 Å². The average molecular weight is 241 g/mol. The van der Waals surface area contributed by atoms with E-state index >= 15 is 0 Å². The second-order valence-corrected chi connectivity index (χ2v) is 4.06. The summed E-state index contributed by atoms with van der Waals surface area (Å²) in [6, 6.07) is 4.26. The highest BCUT2D eigenvalue weighted by Gasteiger charge is 2.32. The lowest BCUT2D eigenvalue weighted by atomic mass is 10.3. The molecule has 0 saturated heterocycles. The van der Waals surface area contributed by atoms with E-state index in [0.29, 0.717) is 12.1 Å². The zero-order valence-electron chi connectivity index (χ0n) is 8.88. The Morgan fingerprint density at radius 3 is 2.88 bits per heavy atom. The number of hydrogen-bond acceptors (Lipinski definition) is 2. The zero-order valence-corrected chi connectivity index (χ0v) is 8.88. The predicted octanol–water partition coefficient (Wildman–Crippen LogP) is 2.16. The van der Waals surface area contributed by atoms with E-state index < -0.39 is 11.9 Å². The van der Waals surface area contributed by atoms with E-state index in [0.717, 1.165) is 30.4 Å². The molecule has 1 aliphatic rings. The molecule has 6 heteroatoms. The van der Waals surface area contributed by atoms with Gasteiger partial charge in [0.05, 0.1) is 11.0 Å². The fraction of sp³-hybridized carbons (Fsp3) is 0.364. The molecule has 0 unspecified atom stereocenters. The van der Waals surface area contributed by atoms with Gasteiger partial charge in [-0.25, -0.2) is 4.98 Å². The normalized spacial score (nSPS) is 16.2. The minimum atomic E-state index is -4.38. The summed E-state index contributed by atoms with van der Waals surface area (Å²) in [7, 11) is 0. The maximum absolute atomic E-state index is 12.5. The first-order valence-corrected chi connectivity index (χ1v) is 5.33. The highest BCUT2D eigenvalue weighted by Crippen LogP contribution is 2.30. The quantitative estimate of drug-likeness (QED) is 0.766. The molecular formula is C11H10F3N3. The fourth-order valence-electron chi connectivity index (χ4n) is 2.17. The number of hydrogen-bond donors (Lipinski definition) is 1. The van der Waals surface area contributed by atoms with Crippen LogP contribution in [0.1, 0.15) is 11.4 Å². The molecule has 0 bridgehead atoms. The van der Waals surface area contributed by atoms with E-state index in [1.54, 1.807) is 6.07 Å². The van der Waals surface area contributed by atoms with E-state index in [9.17, 15) is 13.2 Å². The topological polar surface area (TPSA) is 29.9 Å². The van der Waals surface area contributed by atoms with Gasteiger partial charge in [-0.2, -0.15) is 13.2 Å². The van der Waals surface area contributed by atoms with E-state index in [2.05, 4.69) is 10.3 Å². The van der Waals surface area contributed by atoms with Crippen molar-refractivity contribution in [2.75, 3.05) is 6.54 Å². The molecule has 17 heavy (non-hydrogen) atoms. The summed E-state index contributed by atoms with van der Waals surface area (Å²) in [4.78, 5) is 3.68. The van der Waals surface area contributed by atoms with Gasteiger partial charge in [-0.3, -0.25) is 0 Å². The number of pyridine rings is 1. The minimum absolute atomic E-state index is 0.415. The standard InChI is InChI=1S/C11H10F3N3/c12-11(13,14)10-2-1-9-8(16-10)5-7-6-15-3-4-17(7)9/h1-2,5,15H,3-4,6H2. The lowest BCUT2D eigenvalue weighted by Crippen LogP contribution is -2.27. The third kappa shape index (κ3) is 1.68. The van der Waals surface area contributed by atoms with Crippen molar-refractivity contribution in [2.24, 2.45) is 0 Å². The first-order valence-electron chi connectivity index (χ1n) is 5.33. The van der Waals surface area contributed by atoms with Crippen LogP contribution in [0.25, 0.3) is 11.0 Å². The SMILES string of the molecule is FC(F)(F)c1ccc2c(cc3n2CCNC3)n1. The van der Waals surface area contributed by atoms with Crippen molar-refractivity contribution < 1.29 is 13.2 Å². The van der Waals surface area contributed by atoms with E-state index in [1.165, 1.54) is 6.07 Å². The molecule has 0 saturated carbocycles. The molecule has 0 aliphatic carbocycles. The number of rotatable bonds is 0. The van der Waals surface area contributed by atoms with Gasteiger partial charge in [-0.15, -0.1) is 0 Å². The Morgan fingerprint density at radius 2 is 2.12 bits per heavy atom. The summed E-state index contributed by atoms with van der Waals surface area (Å²) < 4.78 is 39.6. The van der Waals surface area contributed by atoms with Gasteiger partial charge in [-0.1, -0.05) is 0 Å². The average Bonchev–Trinajstić information content (AvgIpc) is 2.65. The number of aromatic nitrogens is 2. The van der Waals surface area contributed by atoms with E-state index in [1.807, 2.05) is 4.57 Å². The van der Waals surface area contributed by atoms with Gasteiger partial charge in [0.25, 0.3) is 0 Å². The van der Waals surface area contributed by atoms with Gasteiger partial charge in [-0.05, 0) is 18.2 Å². The molecule has 1 aliphatic heterocycles. The molecule has 0 atom stereocenters. The van der Waals surface area contributed by atoms with Gasteiger partial charge in [0.1, 0.15) is 5.69 Å². The van der Waals surface area contributed by atoms with Gasteiger partial charge in [0, 0.05) is 25.3 Å². The van der Waals surface area contributed by atoms with Crippen molar-refractivity contribution in [3.63, 3.8) is 0 Å². The molecule has 2 aromatic rings. The monoisotopic (exact) mass is 241 g/mol. The second kappa shape index (κ2) is 3.46. The summed E-state index contributed by atoms with van der Waals surface area (Å²) in [6.45, 7) is 2.28. The van der Waals surface area contributed by atoms with Crippen LogP contribution in [0.5, 0.6) is 0 Å². The van der Waals surface area contributed by atoms with Crippen LogP contribution in [0.2, 0.25) is 0 Å². The molecule has 3 rings (SSSR count). The Balaban J connectivity index is 2.18. The number of halogens is 3. The van der Waals surface area contributed by atoms with Crippen LogP contribution in [0.3, 0.4) is 0 Å². The van der Waals surface area contributed by atoms with Crippen LogP contribution < -0.4 is 5.32 Å². The highest BCUT2D eigenvalue weighted by molar-refractivity contribution is 5.77. The maximum atomic E-state index is 12.5. The molecule has 1 N–H and O–H groups in total. The number of nitrogens with one attached hydrogen (secondary N) is 1. The van der Waals surface area contributed by atoms with Crippen LogP contribution >= 0.6 is 0 Å². The molecule has 0 spiro atoms. The summed E-state index contributed by atoms with van der Waals surface area (Å²) >= 11 is 0. The van der Waals surface area contributed by atoms with Crippen molar-refractivity contribution in [1.29, 1.82) is 0 Å². The lowest BCUT2D eigenvalue weighted by Gasteiger charge is -2.16. The molecule has 0 amide bonds. The van der Waals surface area contributed by atoms with Gasteiger partial charge in [0.2, 0.25) is 0 Å². The number of alkyl halides is 3. The third-order valence-electron chi connectivity index (χ3n) is 2.95. The Bertz CT molecular complexity index is 571. The third-order valence-corrected chi connectivity index (χ3v) is 2.95. The molecule has 3 nitrogen and oxygen atoms in total. The minimum Gasteiger partial charge on any atom is -0.341 e. The van der Waals surface area contributed by atoms with E-state index in [-0.39, 0.29) is 0 Å². The zero-order chi connectivity index (χ0) is 12.0. The summed E-state index contributed by atoms with van der Waals surface area (Å²) in [6.07, 6.45) is -4.38. The lowest BCUT2D eigenvalue weighted by molar-refractivity contribution is -0.140. The summed E-state index contributed by atoms with van der Waals surface area (Å²) in [5.41, 5.74) is 1.34. The van der Waals surface area contributed by atoms with Crippen LogP contribution in [-0.4, -0.2) is 16.1 Å². The molecular weight excluding hydrogens is 231 g/mol. The molecule has 90 valence electrons. The highest BCUT2D eigenvalue weighted by atomic mass is 19.4. The Morgan fingerprint density at radius 1 is 1.29 bits per heavy atom. The van der Waals surface area contributed by atoms with E-state index in [4.69, 9.17) is 0 Å². The number of fused-ring (bicyclic) bond motifs is 3. The molecule has 0 aromatic carbocycles. The fourth-order valence-corrected chi connectivity index (χ4v) is 2.17. The predicted molar refractivity (Wildman–Crippen MR) is 56.4 cm³/mol. The molecule has 0 radical (unpaired) electrons. The first-order chi connectivity index (χ1) is 8.05. The Kier molecular flexibility index (Phi) is 2.16. The van der Waals surface area contributed by atoms with Crippen LogP contribution in [0.4, 0.5) is 13.2 Å². The molecule has 0 fully saturated rings. The smallest absolute Gasteiger partial charge is 0.341 e. The maximum Gasteiger partial charge on any atom is 0.433 e. The van der Waals surface area contributed by atoms with Crippen LogP contribution in [0, 0.1) is 0 Å². The molecule has 2 aromatic heterocycles. The summed E-state index contributed by atoms with van der Waals surface area (Å²) in [5.74, 6) is 0. The van der Waals surface area contributed by atoms with Gasteiger partial charge in [0.15, 0.2) is 0 Å². The number of nitrogens with zero attached hydrogens (tertiary/aromatic N) is 2. The largest absolute Gasteiger partial charge is 0.433 e. The van der Waals surface area contributed by atoms with Crippen LogP contribution in [-0.2, 0) is 19.3 Å². The van der Waals surface area contributed by atoms with Crippen LogP contribution in [0.15, 0.2) is 18.2 Å². The first kappa shape index (κ1) is 10.6. The molecule has 3 heterocycles. The second-order valence-electron chi connectivity index (χ2n) is 4.06. The Labute approximate surface area is 95.3 Å². The van der Waals surface area contributed by atoms with Crippen molar-refractivity contribution in [2.45, 2.75) is 19.3 Å². The van der Waals surface area contributed by atoms with Crippen molar-refractivity contribution in [3.8, 4) is 0 Å². The van der Waals surface area contributed by atoms with Crippen molar-refractivity contribution in [1.82, 2.24) is 14.9 Å². The van der Waals surface area contributed by atoms with Crippen molar-refractivity contribution >= 4 is 11.0 Å². The van der Waals surface area contributed by atoms with Gasteiger partial charge >= 0.3 is 6.18 Å².